The number of benzene rings is 2. The normalized spacial score (nSPS) is 42.5. The molecule has 10 aliphatic rings. The fourth-order valence-corrected chi connectivity index (χ4v) is 12.9. The van der Waals surface area contributed by atoms with Gasteiger partial charge in [-0.05, 0) is 86.3 Å². The van der Waals surface area contributed by atoms with E-state index in [4.69, 9.17) is 52.1 Å². The Kier molecular flexibility index (Phi) is 13.3. The third-order valence-corrected chi connectivity index (χ3v) is 16.4. The second kappa shape index (κ2) is 19.4. The number of rotatable bonds is 8. The molecule has 10 aliphatic heterocycles. The summed E-state index contributed by atoms with van der Waals surface area (Å²) in [4.78, 5) is 41.3. The van der Waals surface area contributed by atoms with E-state index in [-0.39, 0.29) is 105 Å². The van der Waals surface area contributed by atoms with Crippen LogP contribution in [0.1, 0.15) is 111 Å². The smallest absolute Gasteiger partial charge is 0.338 e. The van der Waals surface area contributed by atoms with E-state index < -0.39 is 54.3 Å². The van der Waals surface area contributed by atoms with E-state index in [1.807, 2.05) is 12.1 Å². The van der Waals surface area contributed by atoms with E-state index in [0.29, 0.717) is 36.8 Å². The van der Waals surface area contributed by atoms with Crippen molar-refractivity contribution in [2.24, 2.45) is 11.8 Å². The predicted molar refractivity (Wildman–Crippen MR) is 244 cm³/mol. The number of ketones is 1. The summed E-state index contributed by atoms with van der Waals surface area (Å²) in [6.07, 6.45) is 2.39. The number of hydrogen-bond acceptors (Lipinski definition) is 14. The van der Waals surface area contributed by atoms with Crippen molar-refractivity contribution >= 4 is 17.7 Å². The summed E-state index contributed by atoms with van der Waals surface area (Å²) in [5.41, 5.74) is 2.84. The van der Waals surface area contributed by atoms with Gasteiger partial charge in [0.2, 0.25) is 0 Å². The molecule has 14 heteroatoms. The summed E-state index contributed by atoms with van der Waals surface area (Å²) in [5.74, 6) is -2.09. The van der Waals surface area contributed by atoms with Gasteiger partial charge in [0.05, 0.1) is 72.2 Å². The van der Waals surface area contributed by atoms with Gasteiger partial charge in [-0.1, -0.05) is 56.5 Å². The van der Waals surface area contributed by atoms with Gasteiger partial charge in [0.1, 0.15) is 49.0 Å². The second-order valence-electron chi connectivity index (χ2n) is 20.9. The van der Waals surface area contributed by atoms with Crippen LogP contribution >= 0.6 is 0 Å². The fourth-order valence-electron chi connectivity index (χ4n) is 12.9. The highest BCUT2D eigenvalue weighted by atomic mass is 16.8. The molecule has 12 bridgehead atoms. The van der Waals surface area contributed by atoms with Crippen molar-refractivity contribution in [3.05, 3.63) is 96.1 Å². The van der Waals surface area contributed by atoms with Crippen LogP contribution in [0, 0.1) is 11.8 Å². The lowest BCUT2D eigenvalue weighted by Crippen LogP contribution is -2.61. The molecule has 14 nitrogen and oxygen atoms in total. The van der Waals surface area contributed by atoms with E-state index in [1.165, 1.54) is 0 Å². The highest BCUT2D eigenvalue weighted by Gasteiger charge is 2.69. The summed E-state index contributed by atoms with van der Waals surface area (Å²) in [6.45, 7) is 11.0. The first kappa shape index (κ1) is 46.5. The maximum absolute atomic E-state index is 14.6. The molecular formula is C54H66O14. The summed E-state index contributed by atoms with van der Waals surface area (Å²) < 4.78 is 73.0. The minimum atomic E-state index is -0.900. The monoisotopic (exact) mass is 938 g/mol. The van der Waals surface area contributed by atoms with Crippen LogP contribution in [0.2, 0.25) is 0 Å². The van der Waals surface area contributed by atoms with Gasteiger partial charge in [-0.2, -0.15) is 0 Å². The lowest BCUT2D eigenvalue weighted by molar-refractivity contribution is -0.292. The molecule has 0 saturated carbocycles. The van der Waals surface area contributed by atoms with Crippen molar-refractivity contribution in [2.75, 3.05) is 13.7 Å². The van der Waals surface area contributed by atoms with Gasteiger partial charge < -0.3 is 52.1 Å². The van der Waals surface area contributed by atoms with Crippen LogP contribution in [0.3, 0.4) is 0 Å². The zero-order chi connectivity index (χ0) is 46.7. The molecule has 2 aromatic rings. The van der Waals surface area contributed by atoms with Crippen LogP contribution < -0.4 is 0 Å². The van der Waals surface area contributed by atoms with Crippen molar-refractivity contribution < 1.29 is 66.5 Å². The maximum atomic E-state index is 14.6. The molecule has 2 aromatic carbocycles. The quantitative estimate of drug-likeness (QED) is 0.194. The Morgan fingerprint density at radius 1 is 0.691 bits per heavy atom. The number of methoxy groups -OCH3 is 1. The van der Waals surface area contributed by atoms with Crippen molar-refractivity contribution in [3.63, 3.8) is 0 Å². The molecule has 1 spiro atoms. The molecule has 366 valence electrons. The predicted octanol–water partition coefficient (Wildman–Crippen LogP) is 7.20. The number of hydrogen-bond donors (Lipinski definition) is 0. The highest BCUT2D eigenvalue weighted by Crippen LogP contribution is 2.54. The third kappa shape index (κ3) is 9.30. The Balaban J connectivity index is 0.864. The zero-order valence-corrected chi connectivity index (χ0v) is 39.2. The molecule has 68 heavy (non-hydrogen) atoms. The summed E-state index contributed by atoms with van der Waals surface area (Å²) in [6, 6.07) is 17.4. The van der Waals surface area contributed by atoms with Gasteiger partial charge in [-0.3, -0.25) is 4.79 Å². The number of fused-ring (bicyclic) bond motifs is 6. The lowest BCUT2D eigenvalue weighted by atomic mass is 9.81. The van der Waals surface area contributed by atoms with Crippen LogP contribution in [0.15, 0.2) is 85.0 Å². The highest BCUT2D eigenvalue weighted by molar-refractivity contribution is 5.90. The molecule has 10 fully saturated rings. The van der Waals surface area contributed by atoms with Gasteiger partial charge in [-0.25, -0.2) is 9.59 Å². The molecule has 0 aliphatic carbocycles. The molecule has 12 rings (SSSR count). The molecule has 0 amide bonds. The molecule has 6 unspecified atom stereocenters. The number of ether oxygens (including phenoxy) is 11. The van der Waals surface area contributed by atoms with Gasteiger partial charge >= 0.3 is 11.9 Å². The van der Waals surface area contributed by atoms with E-state index >= 15 is 0 Å². The average Bonchev–Trinajstić information content (AvgIpc) is 4.02. The average molecular weight is 939 g/mol. The first-order valence-corrected chi connectivity index (χ1v) is 25.2. The molecule has 10 saturated heterocycles. The van der Waals surface area contributed by atoms with Crippen LogP contribution in [-0.2, 0) is 56.9 Å². The molecule has 0 aromatic heterocycles. The summed E-state index contributed by atoms with van der Waals surface area (Å²) >= 11 is 0. The van der Waals surface area contributed by atoms with E-state index in [0.717, 1.165) is 49.7 Å². The SMILES string of the molecule is C=C1CC2CC[C@@]34CC5O[C@H]6[C@@H](O3)[C@H]3OC(CC[C@@H]3O[C@H]6[C@H]5O4)CC(=O)CC3[C@H](CC4O[C@@H](CCC1O2)C[C@@H](C)C4=C)O[C@H](C[C@@H](COC(=O)c1ccccc1)OC(=O)c1ccccc1)[C@@H]3OC. The van der Waals surface area contributed by atoms with E-state index in [1.54, 1.807) is 55.6 Å². The number of carbonyl (C=O) groups is 3. The third-order valence-electron chi connectivity index (χ3n) is 16.4. The largest absolute Gasteiger partial charge is 0.458 e. The molecule has 0 N–H and O–H groups in total. The molecule has 10 heterocycles. The van der Waals surface area contributed by atoms with Gasteiger partial charge in [0.25, 0.3) is 0 Å². The summed E-state index contributed by atoms with van der Waals surface area (Å²) in [5, 5.41) is 0. The number of carbonyl (C=O) groups excluding carboxylic acids is 3. The van der Waals surface area contributed by atoms with Gasteiger partial charge in [0, 0.05) is 51.6 Å². The zero-order valence-electron chi connectivity index (χ0n) is 39.2. The van der Waals surface area contributed by atoms with Crippen LogP contribution in [0.4, 0.5) is 0 Å². The maximum Gasteiger partial charge on any atom is 0.338 e. The van der Waals surface area contributed by atoms with Gasteiger partial charge in [-0.15, -0.1) is 0 Å². The number of Topliss-reactive ketones (excluding diaryl/α,β-unsaturated/α-hetero) is 1. The standard InChI is InChI=1S/C54H66O14/c1-29-21-35-15-17-40-30(2)22-37(60-40)19-20-54-27-45-48(67-54)49-50(66-45)51(68-54)47-41(65-49)18-16-36(62-47)23-34(55)24-39-43(26-42(61-35)31(29)3)64-44(46(39)58-4)25-38(63-53(57)33-13-9-6-10-14-33)28-59-52(56)32-11-7-5-8-12-32/h5-14,29,35-51H,2-3,15-28H2,1,4H3/t29-,35+,36?,37?,38+,39?,40?,41+,42?,43+,44-,45?,46-,47+,48+,49+,50-,51+,54+/m1/s1. The minimum Gasteiger partial charge on any atom is -0.458 e. The van der Waals surface area contributed by atoms with E-state index in [2.05, 4.69) is 20.1 Å². The van der Waals surface area contributed by atoms with Gasteiger partial charge in [0.15, 0.2) is 5.79 Å². The minimum absolute atomic E-state index is 0.00377. The van der Waals surface area contributed by atoms with Crippen LogP contribution in [0.25, 0.3) is 0 Å². The van der Waals surface area contributed by atoms with Crippen LogP contribution in [-0.4, -0.2) is 135 Å². The lowest BCUT2D eigenvalue weighted by Gasteiger charge is -2.47. The first-order chi connectivity index (χ1) is 33.0. The topological polar surface area (TPSA) is 153 Å². The Labute approximate surface area is 398 Å². The summed E-state index contributed by atoms with van der Waals surface area (Å²) in [7, 11) is 1.62. The number of esters is 2. The molecular weight excluding hydrogens is 873 g/mol. The van der Waals surface area contributed by atoms with Crippen molar-refractivity contribution in [3.8, 4) is 0 Å². The Bertz CT molecular complexity index is 2180. The Morgan fingerprint density at radius 3 is 2.16 bits per heavy atom. The van der Waals surface area contributed by atoms with E-state index in [9.17, 15) is 14.4 Å². The first-order valence-electron chi connectivity index (χ1n) is 25.2. The van der Waals surface area contributed by atoms with Crippen molar-refractivity contribution in [1.29, 1.82) is 0 Å². The van der Waals surface area contributed by atoms with Crippen molar-refractivity contribution in [1.82, 2.24) is 0 Å². The Morgan fingerprint density at radius 2 is 1.38 bits per heavy atom. The fraction of sp³-hybridized carbons (Fsp3) is 0.648. The molecule has 0 radical (unpaired) electrons. The van der Waals surface area contributed by atoms with Crippen molar-refractivity contribution in [2.45, 2.75) is 194 Å². The van der Waals surface area contributed by atoms with Crippen LogP contribution in [0.5, 0.6) is 0 Å². The second-order valence-corrected chi connectivity index (χ2v) is 20.9. The Hall–Kier alpha value is -3.83. The molecule has 19 atom stereocenters.